The molecule has 2 aromatic rings. The third-order valence-corrected chi connectivity index (χ3v) is 6.34. The second-order valence-electron chi connectivity index (χ2n) is 8.76. The molecule has 4 rings (SSSR count). The number of methoxy groups -OCH3 is 1. The highest BCUT2D eigenvalue weighted by atomic mass is 16.5. The molecule has 6 nitrogen and oxygen atoms in total. The molecule has 0 aromatic heterocycles. The van der Waals surface area contributed by atoms with Gasteiger partial charge in [-0.1, -0.05) is 36.4 Å². The maximum Gasteiger partial charge on any atom is 0.317 e. The van der Waals surface area contributed by atoms with E-state index in [1.165, 1.54) is 12.7 Å². The van der Waals surface area contributed by atoms with Gasteiger partial charge in [-0.25, -0.2) is 4.79 Å². The van der Waals surface area contributed by atoms with Crippen molar-refractivity contribution in [2.24, 2.45) is 5.92 Å². The molecule has 0 radical (unpaired) electrons. The molecule has 2 aliphatic rings. The first-order chi connectivity index (χ1) is 15.1. The highest BCUT2D eigenvalue weighted by Gasteiger charge is 2.33. The number of likely N-dealkylation sites (tertiary alicyclic amines) is 1. The number of nitrogens with one attached hydrogen (secondary N) is 1. The van der Waals surface area contributed by atoms with Gasteiger partial charge >= 0.3 is 6.03 Å². The van der Waals surface area contributed by atoms with Gasteiger partial charge in [0.2, 0.25) is 0 Å². The Morgan fingerprint density at radius 2 is 1.84 bits per heavy atom. The van der Waals surface area contributed by atoms with Gasteiger partial charge in [-0.2, -0.15) is 0 Å². The molecule has 2 aromatic carbocycles. The van der Waals surface area contributed by atoms with Gasteiger partial charge in [0.15, 0.2) is 11.5 Å². The van der Waals surface area contributed by atoms with Crippen LogP contribution in [0.4, 0.5) is 4.79 Å². The van der Waals surface area contributed by atoms with E-state index < -0.39 is 0 Å². The molecule has 1 heterocycles. The van der Waals surface area contributed by atoms with Crippen LogP contribution in [0.3, 0.4) is 0 Å². The van der Waals surface area contributed by atoms with E-state index in [9.17, 15) is 9.90 Å². The third kappa shape index (κ3) is 5.91. The first kappa shape index (κ1) is 21.5. The molecule has 166 valence electrons. The lowest BCUT2D eigenvalue weighted by Crippen LogP contribution is -2.44. The number of phenols is 1. The van der Waals surface area contributed by atoms with Crippen molar-refractivity contribution in [1.29, 1.82) is 0 Å². The molecule has 1 aliphatic carbocycles. The predicted octanol–water partition coefficient (Wildman–Crippen LogP) is 3.99. The summed E-state index contributed by atoms with van der Waals surface area (Å²) in [6.07, 6.45) is 4.35. The Balaban J connectivity index is 1.24. The zero-order chi connectivity index (χ0) is 21.6. The van der Waals surface area contributed by atoms with E-state index in [-0.39, 0.29) is 11.8 Å². The Morgan fingerprint density at radius 1 is 1.10 bits per heavy atom. The molecule has 2 fully saturated rings. The van der Waals surface area contributed by atoms with Crippen LogP contribution < -0.4 is 10.1 Å². The van der Waals surface area contributed by atoms with E-state index in [1.54, 1.807) is 12.1 Å². The summed E-state index contributed by atoms with van der Waals surface area (Å²) in [5, 5.41) is 13.0. The molecule has 0 spiro atoms. The highest BCUT2D eigenvalue weighted by Crippen LogP contribution is 2.31. The monoisotopic (exact) mass is 423 g/mol. The molecule has 2 N–H and O–H groups in total. The maximum atomic E-state index is 12.9. The summed E-state index contributed by atoms with van der Waals surface area (Å²) < 4.78 is 5.20. The summed E-state index contributed by atoms with van der Waals surface area (Å²) in [6.45, 7) is 4.43. The Kier molecular flexibility index (Phi) is 6.97. The smallest absolute Gasteiger partial charge is 0.317 e. The number of rotatable bonds is 8. The Morgan fingerprint density at radius 3 is 2.52 bits per heavy atom. The summed E-state index contributed by atoms with van der Waals surface area (Å²) in [5.41, 5.74) is 2.33. The molecule has 2 amide bonds. The number of aromatic hydroxyl groups is 1. The predicted molar refractivity (Wildman–Crippen MR) is 121 cm³/mol. The highest BCUT2D eigenvalue weighted by molar-refractivity contribution is 5.75. The standard InChI is InChI=1S/C25H33N3O3/c1-31-24-15-21(7-10-23(24)29)18-28(22-8-9-22)25(30)26-16-19-11-13-27(14-12-19)17-20-5-3-2-4-6-20/h2-7,10,15,19,22,29H,8-9,11-14,16-18H2,1H3,(H,26,30). The molecule has 31 heavy (non-hydrogen) atoms. The average Bonchev–Trinajstić information content (AvgIpc) is 3.64. The maximum absolute atomic E-state index is 12.9. The molecule has 1 aliphatic heterocycles. The molecule has 1 saturated carbocycles. The number of benzene rings is 2. The quantitative estimate of drug-likeness (QED) is 0.674. The van der Waals surface area contributed by atoms with Gasteiger partial charge in [0.05, 0.1) is 7.11 Å². The first-order valence-corrected chi connectivity index (χ1v) is 11.3. The van der Waals surface area contributed by atoms with E-state index in [0.717, 1.165) is 57.4 Å². The van der Waals surface area contributed by atoms with Crippen LogP contribution in [0.15, 0.2) is 48.5 Å². The van der Waals surface area contributed by atoms with Crippen molar-refractivity contribution in [1.82, 2.24) is 15.1 Å². The molecule has 6 heteroatoms. The van der Waals surface area contributed by atoms with Crippen molar-refractivity contribution < 1.29 is 14.6 Å². The van der Waals surface area contributed by atoms with Gasteiger partial charge in [-0.05, 0) is 68.0 Å². The van der Waals surface area contributed by atoms with Crippen molar-refractivity contribution in [3.63, 3.8) is 0 Å². The van der Waals surface area contributed by atoms with Gasteiger partial charge in [-0.3, -0.25) is 4.90 Å². The number of ether oxygens (including phenoxy) is 1. The summed E-state index contributed by atoms with van der Waals surface area (Å²) >= 11 is 0. The fraction of sp³-hybridized carbons (Fsp3) is 0.480. The van der Waals surface area contributed by atoms with Gasteiger partial charge in [0, 0.05) is 25.7 Å². The van der Waals surface area contributed by atoms with Crippen molar-refractivity contribution in [3.05, 3.63) is 59.7 Å². The fourth-order valence-corrected chi connectivity index (χ4v) is 4.29. The van der Waals surface area contributed by atoms with E-state index in [1.807, 2.05) is 11.0 Å². The molecule has 1 saturated heterocycles. The largest absolute Gasteiger partial charge is 0.504 e. The topological polar surface area (TPSA) is 65.0 Å². The summed E-state index contributed by atoms with van der Waals surface area (Å²) in [4.78, 5) is 17.4. The number of amides is 2. The normalized spacial score (nSPS) is 17.3. The molecular formula is C25H33N3O3. The van der Waals surface area contributed by atoms with Crippen LogP contribution in [-0.2, 0) is 13.1 Å². The van der Waals surface area contributed by atoms with Crippen LogP contribution in [0.25, 0.3) is 0 Å². The van der Waals surface area contributed by atoms with Crippen molar-refractivity contribution >= 4 is 6.03 Å². The number of hydrogen-bond donors (Lipinski definition) is 2. The second kappa shape index (κ2) is 10.1. The summed E-state index contributed by atoms with van der Waals surface area (Å²) in [6, 6.07) is 16.2. The number of hydrogen-bond acceptors (Lipinski definition) is 4. The number of piperidine rings is 1. The number of carbonyl (C=O) groups excluding carboxylic acids is 1. The fourth-order valence-electron chi connectivity index (χ4n) is 4.29. The molecule has 0 atom stereocenters. The second-order valence-corrected chi connectivity index (χ2v) is 8.76. The van der Waals surface area contributed by atoms with Crippen molar-refractivity contribution in [2.75, 3.05) is 26.7 Å². The Hall–Kier alpha value is -2.73. The van der Waals surface area contributed by atoms with Crippen LogP contribution in [0.1, 0.15) is 36.8 Å². The van der Waals surface area contributed by atoms with E-state index in [2.05, 4.69) is 40.5 Å². The van der Waals surface area contributed by atoms with Crippen molar-refractivity contribution in [3.8, 4) is 11.5 Å². The lowest BCUT2D eigenvalue weighted by molar-refractivity contribution is 0.166. The van der Waals surface area contributed by atoms with Gasteiger partial charge in [0.25, 0.3) is 0 Å². The minimum absolute atomic E-state index is 0.0151. The van der Waals surface area contributed by atoms with Crippen LogP contribution in [0.2, 0.25) is 0 Å². The minimum atomic E-state index is 0.0151. The average molecular weight is 424 g/mol. The number of urea groups is 1. The van der Waals surface area contributed by atoms with Gasteiger partial charge in [-0.15, -0.1) is 0 Å². The van der Waals surface area contributed by atoms with Gasteiger partial charge < -0.3 is 20.1 Å². The lowest BCUT2D eigenvalue weighted by Gasteiger charge is -2.32. The number of carbonyl (C=O) groups is 1. The number of nitrogens with zero attached hydrogens (tertiary/aromatic N) is 2. The molecule has 0 unspecified atom stereocenters. The van der Waals surface area contributed by atoms with Crippen LogP contribution in [0, 0.1) is 5.92 Å². The lowest BCUT2D eigenvalue weighted by atomic mass is 9.96. The van der Waals surface area contributed by atoms with Crippen molar-refractivity contribution in [2.45, 2.75) is 44.8 Å². The third-order valence-electron chi connectivity index (χ3n) is 6.34. The van der Waals surface area contributed by atoms with Crippen LogP contribution in [0.5, 0.6) is 11.5 Å². The minimum Gasteiger partial charge on any atom is -0.504 e. The van der Waals surface area contributed by atoms with Crippen LogP contribution in [-0.4, -0.2) is 53.7 Å². The van der Waals surface area contributed by atoms with E-state index in [4.69, 9.17) is 4.74 Å². The zero-order valence-electron chi connectivity index (χ0n) is 18.3. The Bertz CT molecular complexity index is 862. The molecular weight excluding hydrogens is 390 g/mol. The van der Waals surface area contributed by atoms with Crippen LogP contribution >= 0.6 is 0 Å². The molecule has 0 bridgehead atoms. The van der Waals surface area contributed by atoms with E-state index >= 15 is 0 Å². The first-order valence-electron chi connectivity index (χ1n) is 11.3. The summed E-state index contributed by atoms with van der Waals surface area (Å²) in [7, 11) is 1.54. The zero-order valence-corrected chi connectivity index (χ0v) is 18.3. The Labute approximate surface area is 184 Å². The number of phenolic OH excluding ortho intramolecular Hbond substituents is 1. The van der Waals surface area contributed by atoms with Gasteiger partial charge in [0.1, 0.15) is 0 Å². The SMILES string of the molecule is COc1cc(CN(C(=O)NCC2CCN(Cc3ccccc3)CC2)C2CC2)ccc1O. The summed E-state index contributed by atoms with van der Waals surface area (Å²) in [5.74, 6) is 1.09. The van der Waals surface area contributed by atoms with E-state index in [0.29, 0.717) is 24.3 Å².